The van der Waals surface area contributed by atoms with Crippen molar-refractivity contribution in [1.29, 1.82) is 0 Å². The van der Waals surface area contributed by atoms with Gasteiger partial charge in [-0.1, -0.05) is 11.3 Å². The third-order valence-corrected chi connectivity index (χ3v) is 6.66. The standard InChI is InChI=1S/C14H18N4OS2/c1-17(2)14-16-12-10(21-14)3-11(20-12)13(19)18-6-8-4-15-5-9(8)7-18/h3,8-9,15H,4-7H2,1-2H3/t8-,9+. The molecule has 0 saturated carbocycles. The SMILES string of the molecule is CN(C)c1nc2sc(C(=O)N3C[C@H]4CNC[C@H]4C3)cc2s1. The van der Waals surface area contributed by atoms with Crippen molar-refractivity contribution in [3.63, 3.8) is 0 Å². The fourth-order valence-corrected chi connectivity index (χ4v) is 5.30. The highest BCUT2D eigenvalue weighted by Gasteiger charge is 2.38. The van der Waals surface area contributed by atoms with Crippen molar-refractivity contribution < 1.29 is 4.79 Å². The average Bonchev–Trinajstić information content (AvgIpc) is 3.15. The molecule has 5 nitrogen and oxygen atoms in total. The van der Waals surface area contributed by atoms with Crippen molar-refractivity contribution in [2.75, 3.05) is 45.2 Å². The molecule has 2 atom stereocenters. The Balaban J connectivity index is 1.55. The smallest absolute Gasteiger partial charge is 0.264 e. The topological polar surface area (TPSA) is 48.5 Å². The van der Waals surface area contributed by atoms with E-state index in [1.165, 1.54) is 11.3 Å². The second-order valence-electron chi connectivity index (χ2n) is 6.06. The Morgan fingerprint density at radius 1 is 1.33 bits per heavy atom. The number of anilines is 1. The molecule has 1 amide bonds. The Labute approximate surface area is 131 Å². The Bertz CT molecular complexity index is 649. The molecule has 2 aliphatic rings. The number of thiophene rings is 1. The highest BCUT2D eigenvalue weighted by Crippen LogP contribution is 2.35. The van der Waals surface area contributed by atoms with Crippen LogP contribution in [0.2, 0.25) is 0 Å². The number of hydrogen-bond acceptors (Lipinski definition) is 6. The molecule has 2 saturated heterocycles. The Hall–Kier alpha value is -1.18. The third kappa shape index (κ3) is 2.23. The van der Waals surface area contributed by atoms with Crippen LogP contribution in [-0.2, 0) is 0 Å². The summed E-state index contributed by atoms with van der Waals surface area (Å²) in [5.74, 6) is 1.48. The number of aromatic nitrogens is 1. The molecule has 2 aliphatic heterocycles. The Morgan fingerprint density at radius 2 is 2.05 bits per heavy atom. The summed E-state index contributed by atoms with van der Waals surface area (Å²) >= 11 is 3.17. The highest BCUT2D eigenvalue weighted by molar-refractivity contribution is 7.29. The van der Waals surface area contributed by atoms with Gasteiger partial charge < -0.3 is 15.1 Å². The number of fused-ring (bicyclic) bond motifs is 2. The fraction of sp³-hybridized carbons (Fsp3) is 0.571. The van der Waals surface area contributed by atoms with Crippen LogP contribution < -0.4 is 10.2 Å². The quantitative estimate of drug-likeness (QED) is 0.914. The van der Waals surface area contributed by atoms with Crippen LogP contribution in [0.3, 0.4) is 0 Å². The molecule has 0 spiro atoms. The summed E-state index contributed by atoms with van der Waals surface area (Å²) in [4.78, 5) is 23.1. The average molecular weight is 322 g/mol. The summed E-state index contributed by atoms with van der Waals surface area (Å²) < 4.78 is 1.12. The zero-order chi connectivity index (χ0) is 14.6. The lowest BCUT2D eigenvalue weighted by molar-refractivity contribution is 0.0786. The molecule has 1 N–H and O–H groups in total. The lowest BCUT2D eigenvalue weighted by Crippen LogP contribution is -2.31. The zero-order valence-electron chi connectivity index (χ0n) is 12.1. The van der Waals surface area contributed by atoms with Crippen LogP contribution in [0.15, 0.2) is 6.07 Å². The van der Waals surface area contributed by atoms with E-state index in [2.05, 4.69) is 10.3 Å². The van der Waals surface area contributed by atoms with Crippen molar-refractivity contribution in [3.05, 3.63) is 10.9 Å². The second-order valence-corrected chi connectivity index (χ2v) is 8.10. The number of carbonyl (C=O) groups excluding carboxylic acids is 1. The predicted molar refractivity (Wildman–Crippen MR) is 87.6 cm³/mol. The minimum absolute atomic E-state index is 0.186. The molecular formula is C14H18N4OS2. The Kier molecular flexibility index (Phi) is 3.16. The fourth-order valence-electron chi connectivity index (χ4n) is 3.20. The van der Waals surface area contributed by atoms with Gasteiger partial charge >= 0.3 is 0 Å². The minimum atomic E-state index is 0.186. The molecule has 0 unspecified atom stereocenters. The number of hydrogen-bond donors (Lipinski definition) is 1. The van der Waals surface area contributed by atoms with E-state index in [1.807, 2.05) is 30.0 Å². The molecule has 7 heteroatoms. The van der Waals surface area contributed by atoms with Crippen LogP contribution in [0, 0.1) is 11.8 Å². The van der Waals surface area contributed by atoms with Gasteiger partial charge in [0.05, 0.1) is 9.58 Å². The lowest BCUT2D eigenvalue weighted by atomic mass is 10.0. The maximum absolute atomic E-state index is 12.6. The van der Waals surface area contributed by atoms with Crippen LogP contribution in [0.5, 0.6) is 0 Å². The molecule has 0 aliphatic carbocycles. The van der Waals surface area contributed by atoms with Gasteiger partial charge in [-0.2, -0.15) is 0 Å². The summed E-state index contributed by atoms with van der Waals surface area (Å²) in [6.07, 6.45) is 0. The van der Waals surface area contributed by atoms with Crippen LogP contribution in [-0.4, -0.2) is 56.1 Å². The first-order valence-corrected chi connectivity index (χ1v) is 8.83. The molecule has 0 bridgehead atoms. The van der Waals surface area contributed by atoms with Crippen molar-refractivity contribution in [1.82, 2.24) is 15.2 Å². The van der Waals surface area contributed by atoms with Gasteiger partial charge in [0.15, 0.2) is 5.13 Å². The van der Waals surface area contributed by atoms with Gasteiger partial charge in [-0.05, 0) is 17.9 Å². The van der Waals surface area contributed by atoms with Crippen LogP contribution in [0.25, 0.3) is 9.53 Å². The molecule has 2 aromatic rings. The second kappa shape index (κ2) is 4.93. The molecule has 4 rings (SSSR count). The van der Waals surface area contributed by atoms with Gasteiger partial charge in [-0.15, -0.1) is 11.3 Å². The molecule has 4 heterocycles. The van der Waals surface area contributed by atoms with E-state index in [-0.39, 0.29) is 5.91 Å². The Morgan fingerprint density at radius 3 is 2.67 bits per heavy atom. The van der Waals surface area contributed by atoms with Crippen molar-refractivity contribution in [2.24, 2.45) is 11.8 Å². The summed E-state index contributed by atoms with van der Waals surface area (Å²) in [5.41, 5.74) is 0. The summed E-state index contributed by atoms with van der Waals surface area (Å²) in [6.45, 7) is 3.92. The van der Waals surface area contributed by atoms with Crippen molar-refractivity contribution in [2.45, 2.75) is 0 Å². The first kappa shape index (κ1) is 13.5. The molecule has 2 aromatic heterocycles. The van der Waals surface area contributed by atoms with Crippen LogP contribution >= 0.6 is 22.7 Å². The number of amides is 1. The van der Waals surface area contributed by atoms with Gasteiger partial charge in [0.2, 0.25) is 0 Å². The van der Waals surface area contributed by atoms with E-state index >= 15 is 0 Å². The summed E-state index contributed by atoms with van der Waals surface area (Å²) in [7, 11) is 3.98. The molecule has 112 valence electrons. The van der Waals surface area contributed by atoms with Gasteiger partial charge in [0.25, 0.3) is 5.91 Å². The zero-order valence-corrected chi connectivity index (χ0v) is 13.8. The minimum Gasteiger partial charge on any atom is -0.354 e. The monoisotopic (exact) mass is 322 g/mol. The molecule has 0 aromatic carbocycles. The number of carbonyl (C=O) groups is 1. The number of thiazole rings is 1. The van der Waals surface area contributed by atoms with Gasteiger partial charge in [0.1, 0.15) is 4.83 Å². The maximum atomic E-state index is 12.6. The summed E-state index contributed by atoms with van der Waals surface area (Å²) in [6, 6.07) is 2.01. The van der Waals surface area contributed by atoms with Crippen LogP contribution in [0.4, 0.5) is 5.13 Å². The van der Waals surface area contributed by atoms with E-state index in [4.69, 9.17) is 0 Å². The van der Waals surface area contributed by atoms with E-state index in [0.717, 1.165) is 45.7 Å². The van der Waals surface area contributed by atoms with E-state index in [9.17, 15) is 4.79 Å². The molecule has 0 radical (unpaired) electrons. The lowest BCUT2D eigenvalue weighted by Gasteiger charge is -2.16. The van der Waals surface area contributed by atoms with Gasteiger partial charge in [0, 0.05) is 40.3 Å². The first-order chi connectivity index (χ1) is 10.1. The van der Waals surface area contributed by atoms with E-state index in [0.29, 0.717) is 11.8 Å². The number of likely N-dealkylation sites (tertiary alicyclic amines) is 1. The van der Waals surface area contributed by atoms with Gasteiger partial charge in [-0.3, -0.25) is 4.79 Å². The molecule has 2 fully saturated rings. The molecular weight excluding hydrogens is 304 g/mol. The van der Waals surface area contributed by atoms with E-state index < -0.39 is 0 Å². The number of rotatable bonds is 2. The van der Waals surface area contributed by atoms with Crippen molar-refractivity contribution >= 4 is 43.2 Å². The predicted octanol–water partition coefficient (Wildman–Crippen LogP) is 1.72. The third-order valence-electron chi connectivity index (χ3n) is 4.35. The number of nitrogens with one attached hydrogen (secondary N) is 1. The maximum Gasteiger partial charge on any atom is 0.264 e. The highest BCUT2D eigenvalue weighted by atomic mass is 32.1. The number of nitrogens with zero attached hydrogens (tertiary/aromatic N) is 3. The summed E-state index contributed by atoms with van der Waals surface area (Å²) in [5, 5.41) is 4.41. The van der Waals surface area contributed by atoms with E-state index in [1.54, 1.807) is 11.3 Å². The van der Waals surface area contributed by atoms with Gasteiger partial charge in [-0.25, -0.2) is 4.98 Å². The largest absolute Gasteiger partial charge is 0.354 e. The molecule has 21 heavy (non-hydrogen) atoms. The van der Waals surface area contributed by atoms with Crippen LogP contribution in [0.1, 0.15) is 9.67 Å². The first-order valence-electron chi connectivity index (χ1n) is 7.19. The van der Waals surface area contributed by atoms with Crippen molar-refractivity contribution in [3.8, 4) is 0 Å². The normalized spacial score (nSPS) is 24.8.